The molecular weight excluding hydrogens is 219 g/mol. The van der Waals surface area contributed by atoms with E-state index < -0.39 is 6.10 Å². The Bertz CT molecular complexity index is 409. The topological polar surface area (TPSA) is 29.5 Å². The summed E-state index contributed by atoms with van der Waals surface area (Å²) in [5.74, 6) is 0.158. The summed E-state index contributed by atoms with van der Waals surface area (Å²) in [4.78, 5) is 0. The Morgan fingerprint density at radius 2 is 2.12 bits per heavy atom. The predicted octanol–water partition coefficient (Wildman–Crippen LogP) is 3.45. The Hall–Kier alpha value is -1.09. The van der Waals surface area contributed by atoms with E-state index in [-0.39, 0.29) is 17.3 Å². The van der Waals surface area contributed by atoms with E-state index in [1.54, 1.807) is 6.07 Å². The van der Waals surface area contributed by atoms with Gasteiger partial charge in [0.2, 0.25) is 0 Å². The minimum Gasteiger partial charge on any atom is -0.490 e. The summed E-state index contributed by atoms with van der Waals surface area (Å²) in [6.07, 6.45) is 0.835. The average Bonchev–Trinajstić information content (AvgIpc) is 2.13. The fraction of sp³-hybridized carbons (Fsp3) is 0.571. The molecule has 1 aromatic carbocycles. The van der Waals surface area contributed by atoms with Crippen LogP contribution in [0, 0.1) is 11.2 Å². The fourth-order valence-corrected chi connectivity index (χ4v) is 2.30. The molecule has 0 aliphatic carbocycles. The summed E-state index contributed by atoms with van der Waals surface area (Å²) < 4.78 is 18.9. The van der Waals surface area contributed by atoms with Gasteiger partial charge in [-0.15, -0.1) is 0 Å². The molecule has 2 rings (SSSR count). The molecule has 0 radical (unpaired) electrons. The van der Waals surface area contributed by atoms with Gasteiger partial charge in [0.15, 0.2) is 0 Å². The number of ether oxygens (including phenoxy) is 1. The monoisotopic (exact) mass is 238 g/mol. The van der Waals surface area contributed by atoms with Crippen LogP contribution in [0.4, 0.5) is 4.39 Å². The van der Waals surface area contributed by atoms with E-state index in [0.717, 1.165) is 6.42 Å². The molecule has 1 heterocycles. The lowest BCUT2D eigenvalue weighted by atomic mass is 9.85. The third-order valence-electron chi connectivity index (χ3n) is 2.95. The highest BCUT2D eigenvalue weighted by molar-refractivity contribution is 5.37. The maximum absolute atomic E-state index is 13.1. The number of aliphatic hydroxyl groups is 1. The molecule has 1 aliphatic heterocycles. The van der Waals surface area contributed by atoms with E-state index in [1.807, 2.05) is 0 Å². The van der Waals surface area contributed by atoms with Gasteiger partial charge in [0.05, 0.1) is 6.10 Å². The lowest BCUT2D eigenvalue weighted by Crippen LogP contribution is -2.29. The molecule has 0 bridgehead atoms. The molecule has 1 N–H and O–H groups in total. The third-order valence-corrected chi connectivity index (χ3v) is 2.95. The molecule has 17 heavy (non-hydrogen) atoms. The van der Waals surface area contributed by atoms with Gasteiger partial charge in [-0.1, -0.05) is 20.8 Å². The van der Waals surface area contributed by atoms with E-state index in [4.69, 9.17) is 4.74 Å². The number of hydrogen-bond donors (Lipinski definition) is 1. The molecule has 0 fully saturated rings. The first-order chi connectivity index (χ1) is 7.85. The lowest BCUT2D eigenvalue weighted by molar-refractivity contribution is 0.0444. The normalized spacial score (nSPS) is 24.1. The minimum absolute atomic E-state index is 0.0423. The number of rotatable bonds is 1. The van der Waals surface area contributed by atoms with Crippen LogP contribution in [-0.4, -0.2) is 11.2 Å². The molecule has 0 aromatic heterocycles. The van der Waals surface area contributed by atoms with Gasteiger partial charge in [0, 0.05) is 18.1 Å². The van der Waals surface area contributed by atoms with Gasteiger partial charge in [-0.3, -0.25) is 0 Å². The van der Waals surface area contributed by atoms with E-state index in [0.29, 0.717) is 17.7 Å². The van der Waals surface area contributed by atoms with E-state index in [9.17, 15) is 9.50 Å². The van der Waals surface area contributed by atoms with E-state index >= 15 is 0 Å². The van der Waals surface area contributed by atoms with Crippen molar-refractivity contribution in [2.75, 3.05) is 0 Å². The largest absolute Gasteiger partial charge is 0.490 e. The summed E-state index contributed by atoms with van der Waals surface area (Å²) in [5.41, 5.74) is 0.825. The fourth-order valence-electron chi connectivity index (χ4n) is 2.30. The Balaban J connectivity index is 2.20. The van der Waals surface area contributed by atoms with Gasteiger partial charge in [-0.05, 0) is 24.0 Å². The molecule has 1 aromatic rings. The maximum atomic E-state index is 13.1. The second-order valence-electron chi connectivity index (χ2n) is 5.94. The molecule has 3 heteroatoms. The van der Waals surface area contributed by atoms with Gasteiger partial charge in [-0.25, -0.2) is 4.39 Å². The zero-order valence-electron chi connectivity index (χ0n) is 10.5. The molecule has 0 saturated carbocycles. The van der Waals surface area contributed by atoms with Crippen molar-refractivity contribution in [3.63, 3.8) is 0 Å². The SMILES string of the molecule is CC(C)(C)CC1C[C@H](O)c2ccc(F)cc2O1. The van der Waals surface area contributed by atoms with Crippen molar-refractivity contribution < 1.29 is 14.2 Å². The lowest BCUT2D eigenvalue weighted by Gasteiger charge is -2.33. The van der Waals surface area contributed by atoms with Crippen molar-refractivity contribution in [2.24, 2.45) is 5.41 Å². The number of benzene rings is 1. The highest BCUT2D eigenvalue weighted by atomic mass is 19.1. The minimum atomic E-state index is -0.549. The van der Waals surface area contributed by atoms with Gasteiger partial charge in [0.25, 0.3) is 0 Å². The van der Waals surface area contributed by atoms with Crippen molar-refractivity contribution in [1.82, 2.24) is 0 Å². The highest BCUT2D eigenvalue weighted by Gasteiger charge is 2.30. The van der Waals surface area contributed by atoms with Crippen molar-refractivity contribution in [2.45, 2.75) is 45.8 Å². The van der Waals surface area contributed by atoms with Gasteiger partial charge in [-0.2, -0.15) is 0 Å². The first kappa shape index (κ1) is 12.4. The molecule has 0 spiro atoms. The van der Waals surface area contributed by atoms with Crippen molar-refractivity contribution in [3.8, 4) is 5.75 Å². The molecule has 1 aliphatic rings. The Kier molecular flexibility index (Phi) is 3.13. The summed E-state index contributed by atoms with van der Waals surface area (Å²) in [6.45, 7) is 6.39. The summed E-state index contributed by atoms with van der Waals surface area (Å²) in [6, 6.07) is 4.31. The number of halogens is 1. The van der Waals surface area contributed by atoms with Crippen LogP contribution in [0.15, 0.2) is 18.2 Å². The zero-order valence-corrected chi connectivity index (χ0v) is 10.5. The van der Waals surface area contributed by atoms with E-state index in [1.165, 1.54) is 12.1 Å². The molecule has 2 nitrogen and oxygen atoms in total. The number of hydrogen-bond acceptors (Lipinski definition) is 2. The van der Waals surface area contributed by atoms with Crippen LogP contribution in [0.25, 0.3) is 0 Å². The number of aliphatic hydroxyl groups excluding tert-OH is 1. The average molecular weight is 238 g/mol. The summed E-state index contributed by atoms with van der Waals surface area (Å²) >= 11 is 0. The summed E-state index contributed by atoms with van der Waals surface area (Å²) in [7, 11) is 0. The van der Waals surface area contributed by atoms with Crippen LogP contribution < -0.4 is 4.74 Å². The van der Waals surface area contributed by atoms with Gasteiger partial charge in [0.1, 0.15) is 17.7 Å². The predicted molar refractivity (Wildman–Crippen MR) is 64.5 cm³/mol. The molecule has 0 amide bonds. The third kappa shape index (κ3) is 2.97. The van der Waals surface area contributed by atoms with Crippen LogP contribution in [0.3, 0.4) is 0 Å². The number of fused-ring (bicyclic) bond motifs is 1. The molecule has 0 saturated heterocycles. The van der Waals surface area contributed by atoms with Crippen LogP contribution in [-0.2, 0) is 0 Å². The first-order valence-corrected chi connectivity index (χ1v) is 5.99. The quantitative estimate of drug-likeness (QED) is 0.812. The Morgan fingerprint density at radius 1 is 1.41 bits per heavy atom. The smallest absolute Gasteiger partial charge is 0.128 e. The standard InChI is InChI=1S/C14H19FO2/c1-14(2,3)8-10-7-12(16)11-5-4-9(15)6-13(11)17-10/h4-6,10,12,16H,7-8H2,1-3H3/t10?,12-/m0/s1. The maximum Gasteiger partial charge on any atom is 0.128 e. The van der Waals surface area contributed by atoms with Crippen molar-refractivity contribution in [1.29, 1.82) is 0 Å². The first-order valence-electron chi connectivity index (χ1n) is 5.99. The van der Waals surface area contributed by atoms with Gasteiger partial charge >= 0.3 is 0 Å². The second-order valence-corrected chi connectivity index (χ2v) is 5.94. The Labute approximate surface area is 101 Å². The van der Waals surface area contributed by atoms with Crippen LogP contribution in [0.1, 0.15) is 45.3 Å². The van der Waals surface area contributed by atoms with Crippen molar-refractivity contribution in [3.05, 3.63) is 29.6 Å². The van der Waals surface area contributed by atoms with Crippen LogP contribution in [0.5, 0.6) is 5.75 Å². The highest BCUT2D eigenvalue weighted by Crippen LogP contribution is 2.38. The summed E-state index contributed by atoms with van der Waals surface area (Å²) in [5, 5.41) is 10.0. The molecule has 2 atom stereocenters. The zero-order chi connectivity index (χ0) is 12.6. The van der Waals surface area contributed by atoms with Crippen LogP contribution in [0.2, 0.25) is 0 Å². The van der Waals surface area contributed by atoms with E-state index in [2.05, 4.69) is 20.8 Å². The van der Waals surface area contributed by atoms with Crippen LogP contribution >= 0.6 is 0 Å². The second kappa shape index (κ2) is 4.30. The molecule has 1 unspecified atom stereocenters. The molecular formula is C14H19FO2. The van der Waals surface area contributed by atoms with Gasteiger partial charge < -0.3 is 9.84 Å². The molecule has 94 valence electrons. The van der Waals surface area contributed by atoms with Crippen molar-refractivity contribution >= 4 is 0 Å². The Morgan fingerprint density at radius 3 is 2.76 bits per heavy atom.